The summed E-state index contributed by atoms with van der Waals surface area (Å²) < 4.78 is 4.55. The number of nitrogens with one attached hydrogen (secondary N) is 1. The normalized spacial score (nSPS) is 12.9. The smallest absolute Gasteiger partial charge is 0.241 e. The minimum absolute atomic E-state index is 0.111. The first-order valence-electron chi connectivity index (χ1n) is 4.07. The number of hydrogen-bond donors (Lipinski definition) is 2. The van der Waals surface area contributed by atoms with E-state index in [1.807, 2.05) is 13.8 Å². The molecule has 0 fully saturated rings. The molecular weight excluding hydrogens is 170 g/mol. The Morgan fingerprint density at radius 2 is 2.38 bits per heavy atom. The van der Waals surface area contributed by atoms with Crippen LogP contribution >= 0.6 is 0 Å². The summed E-state index contributed by atoms with van der Waals surface area (Å²) in [7, 11) is 0. The fourth-order valence-corrected chi connectivity index (χ4v) is 0.795. The zero-order valence-electron chi connectivity index (χ0n) is 7.65. The third kappa shape index (κ3) is 2.55. The Kier molecular flexibility index (Phi) is 3.02. The summed E-state index contributed by atoms with van der Waals surface area (Å²) in [6.45, 7) is 3.77. The number of carbonyl (C=O) groups is 1. The molecule has 1 heterocycles. The van der Waals surface area contributed by atoms with Crippen molar-refractivity contribution in [3.63, 3.8) is 0 Å². The second-order valence-electron chi connectivity index (χ2n) is 3.17. The van der Waals surface area contributed by atoms with Crippen molar-refractivity contribution >= 4 is 11.6 Å². The van der Waals surface area contributed by atoms with Crippen molar-refractivity contribution in [3.05, 3.63) is 12.5 Å². The predicted octanol–water partition coefficient (Wildman–Crippen LogP) is 0.596. The Hall–Kier alpha value is -1.36. The monoisotopic (exact) mass is 183 g/mol. The van der Waals surface area contributed by atoms with Crippen LogP contribution in [0.15, 0.2) is 17.0 Å². The summed E-state index contributed by atoms with van der Waals surface area (Å²) in [5.41, 5.74) is 6.14. The molecule has 13 heavy (non-hydrogen) atoms. The van der Waals surface area contributed by atoms with Gasteiger partial charge in [-0.1, -0.05) is 19.0 Å². The van der Waals surface area contributed by atoms with Gasteiger partial charge in [0.1, 0.15) is 12.0 Å². The van der Waals surface area contributed by atoms with E-state index in [4.69, 9.17) is 5.73 Å². The molecule has 0 saturated carbocycles. The standard InChI is InChI=1S/C8H13N3O2/c1-5(2)7(9)8(12)11-6-3-10-13-4-6/h3-5,7H,9H2,1-2H3,(H,11,12)/t7-/m1/s1. The number of rotatable bonds is 3. The van der Waals surface area contributed by atoms with Gasteiger partial charge in [0.2, 0.25) is 5.91 Å². The molecule has 3 N–H and O–H groups in total. The van der Waals surface area contributed by atoms with Crippen LogP contribution in [0.2, 0.25) is 0 Å². The number of amides is 1. The average molecular weight is 183 g/mol. The van der Waals surface area contributed by atoms with Crippen molar-refractivity contribution < 1.29 is 9.32 Å². The highest BCUT2D eigenvalue weighted by atomic mass is 16.5. The predicted molar refractivity (Wildman–Crippen MR) is 47.9 cm³/mol. The van der Waals surface area contributed by atoms with Crippen molar-refractivity contribution in [2.45, 2.75) is 19.9 Å². The first-order valence-corrected chi connectivity index (χ1v) is 4.07. The van der Waals surface area contributed by atoms with E-state index >= 15 is 0 Å². The van der Waals surface area contributed by atoms with Gasteiger partial charge in [0, 0.05) is 0 Å². The van der Waals surface area contributed by atoms with Gasteiger partial charge in [-0.15, -0.1) is 0 Å². The zero-order chi connectivity index (χ0) is 9.84. The molecule has 0 aliphatic carbocycles. The van der Waals surface area contributed by atoms with Gasteiger partial charge in [-0.2, -0.15) is 0 Å². The van der Waals surface area contributed by atoms with Crippen molar-refractivity contribution in [3.8, 4) is 0 Å². The minimum Gasteiger partial charge on any atom is -0.363 e. The SMILES string of the molecule is CC(C)[C@@H](N)C(=O)Nc1cnoc1. The molecular formula is C8H13N3O2. The highest BCUT2D eigenvalue weighted by Gasteiger charge is 2.17. The maximum atomic E-state index is 11.3. The number of aromatic nitrogens is 1. The summed E-state index contributed by atoms with van der Waals surface area (Å²) in [6, 6.07) is -0.505. The summed E-state index contributed by atoms with van der Waals surface area (Å²) in [6.07, 6.45) is 2.77. The van der Waals surface area contributed by atoms with Gasteiger partial charge in [0.05, 0.1) is 12.2 Å². The van der Waals surface area contributed by atoms with Crippen LogP contribution in [0, 0.1) is 5.92 Å². The first kappa shape index (κ1) is 9.73. The lowest BCUT2D eigenvalue weighted by molar-refractivity contribution is -0.118. The van der Waals surface area contributed by atoms with Gasteiger partial charge in [0.15, 0.2) is 0 Å². The molecule has 0 aliphatic rings. The molecule has 72 valence electrons. The Labute approximate surface area is 76.3 Å². The Bertz CT molecular complexity index is 269. The van der Waals surface area contributed by atoms with E-state index in [2.05, 4.69) is 15.0 Å². The van der Waals surface area contributed by atoms with Crippen LogP contribution in [0.3, 0.4) is 0 Å². The van der Waals surface area contributed by atoms with E-state index < -0.39 is 6.04 Å². The first-order chi connectivity index (χ1) is 6.11. The second-order valence-corrected chi connectivity index (χ2v) is 3.17. The molecule has 1 amide bonds. The zero-order valence-corrected chi connectivity index (χ0v) is 7.65. The number of nitrogens with zero attached hydrogens (tertiary/aromatic N) is 1. The lowest BCUT2D eigenvalue weighted by Crippen LogP contribution is -2.39. The maximum Gasteiger partial charge on any atom is 0.241 e. The molecule has 1 aromatic heterocycles. The Morgan fingerprint density at radius 1 is 1.69 bits per heavy atom. The molecule has 0 spiro atoms. The number of anilines is 1. The number of nitrogens with two attached hydrogens (primary N) is 1. The molecule has 0 unspecified atom stereocenters. The minimum atomic E-state index is -0.505. The van der Waals surface area contributed by atoms with Crippen molar-refractivity contribution in [1.82, 2.24) is 5.16 Å². The van der Waals surface area contributed by atoms with Gasteiger partial charge in [0.25, 0.3) is 0 Å². The quantitative estimate of drug-likeness (QED) is 0.718. The molecule has 0 bridgehead atoms. The highest BCUT2D eigenvalue weighted by Crippen LogP contribution is 2.06. The fraction of sp³-hybridized carbons (Fsp3) is 0.500. The summed E-state index contributed by atoms with van der Waals surface area (Å²) >= 11 is 0. The van der Waals surface area contributed by atoms with E-state index in [1.165, 1.54) is 12.5 Å². The molecule has 5 nitrogen and oxygen atoms in total. The number of hydrogen-bond acceptors (Lipinski definition) is 4. The van der Waals surface area contributed by atoms with E-state index in [-0.39, 0.29) is 11.8 Å². The third-order valence-electron chi connectivity index (χ3n) is 1.72. The molecule has 1 atom stereocenters. The highest BCUT2D eigenvalue weighted by molar-refractivity contribution is 5.94. The lowest BCUT2D eigenvalue weighted by atomic mass is 10.1. The Balaban J connectivity index is 2.51. The molecule has 0 saturated heterocycles. The Morgan fingerprint density at radius 3 is 2.85 bits per heavy atom. The molecule has 0 radical (unpaired) electrons. The van der Waals surface area contributed by atoms with Crippen LogP contribution in [0.25, 0.3) is 0 Å². The second kappa shape index (κ2) is 4.04. The average Bonchev–Trinajstić information content (AvgIpc) is 2.55. The molecule has 0 aliphatic heterocycles. The van der Waals surface area contributed by atoms with Gasteiger partial charge in [-0.25, -0.2) is 0 Å². The summed E-state index contributed by atoms with van der Waals surface area (Å²) in [4.78, 5) is 11.3. The van der Waals surface area contributed by atoms with Crippen molar-refractivity contribution in [2.75, 3.05) is 5.32 Å². The van der Waals surface area contributed by atoms with E-state index in [9.17, 15) is 4.79 Å². The summed E-state index contributed by atoms with van der Waals surface area (Å²) in [5, 5.41) is 6.03. The van der Waals surface area contributed by atoms with Gasteiger partial charge in [-0.05, 0) is 5.92 Å². The molecule has 1 aromatic rings. The molecule has 0 aromatic carbocycles. The van der Waals surface area contributed by atoms with Crippen LogP contribution in [-0.4, -0.2) is 17.1 Å². The van der Waals surface area contributed by atoms with Crippen molar-refractivity contribution in [1.29, 1.82) is 0 Å². The molecule has 1 rings (SSSR count). The third-order valence-corrected chi connectivity index (χ3v) is 1.72. The van der Waals surface area contributed by atoms with Crippen LogP contribution in [0.1, 0.15) is 13.8 Å². The lowest BCUT2D eigenvalue weighted by Gasteiger charge is -2.13. The van der Waals surface area contributed by atoms with Crippen LogP contribution in [0.5, 0.6) is 0 Å². The maximum absolute atomic E-state index is 11.3. The van der Waals surface area contributed by atoms with Gasteiger partial charge < -0.3 is 15.6 Å². The molecule has 5 heteroatoms. The summed E-state index contributed by atoms with van der Waals surface area (Å²) in [5.74, 6) is -0.113. The van der Waals surface area contributed by atoms with Crippen LogP contribution < -0.4 is 11.1 Å². The topological polar surface area (TPSA) is 81.2 Å². The number of carbonyl (C=O) groups excluding carboxylic acids is 1. The fourth-order valence-electron chi connectivity index (χ4n) is 0.795. The van der Waals surface area contributed by atoms with Gasteiger partial charge in [-0.3, -0.25) is 4.79 Å². The van der Waals surface area contributed by atoms with Crippen molar-refractivity contribution in [2.24, 2.45) is 11.7 Å². The van der Waals surface area contributed by atoms with E-state index in [0.29, 0.717) is 5.69 Å². The van der Waals surface area contributed by atoms with E-state index in [0.717, 1.165) is 0 Å². The van der Waals surface area contributed by atoms with Crippen LogP contribution in [-0.2, 0) is 4.79 Å². The largest absolute Gasteiger partial charge is 0.363 e. The van der Waals surface area contributed by atoms with Gasteiger partial charge >= 0.3 is 0 Å². The van der Waals surface area contributed by atoms with Crippen LogP contribution in [0.4, 0.5) is 5.69 Å². The van der Waals surface area contributed by atoms with E-state index in [1.54, 1.807) is 0 Å².